The topological polar surface area (TPSA) is 23.8 Å². The van der Waals surface area contributed by atoms with Crippen molar-refractivity contribution in [2.45, 2.75) is 27.2 Å². The lowest BCUT2D eigenvalue weighted by atomic mass is 9.80. The largest absolute Gasteiger partial charge is 0.197 e. The van der Waals surface area contributed by atoms with Gasteiger partial charge in [0.05, 0.1) is 11.5 Å². The highest BCUT2D eigenvalue weighted by atomic mass is 14.3. The minimum Gasteiger partial charge on any atom is -0.197 e. The number of allylic oxidation sites excluding steroid dienone is 6. The lowest BCUT2D eigenvalue weighted by Gasteiger charge is -2.22. The fourth-order valence-electron chi connectivity index (χ4n) is 1.44. The van der Waals surface area contributed by atoms with Gasteiger partial charge in [0.1, 0.15) is 0 Å². The number of hydrogen-bond donors (Lipinski definition) is 0. The summed E-state index contributed by atoms with van der Waals surface area (Å²) in [7, 11) is 0. The number of nitrogens with zero attached hydrogens (tertiary/aromatic N) is 1. The van der Waals surface area contributed by atoms with Gasteiger partial charge in [0.15, 0.2) is 0 Å². The molecule has 0 N–H and O–H groups in total. The van der Waals surface area contributed by atoms with Crippen LogP contribution in [0.2, 0.25) is 0 Å². The monoisotopic (exact) mass is 173 g/mol. The molecule has 1 rings (SSSR count). The molecule has 1 nitrogen and oxygen atoms in total. The van der Waals surface area contributed by atoms with Crippen LogP contribution in [-0.2, 0) is 0 Å². The van der Waals surface area contributed by atoms with Crippen LogP contribution in [0, 0.1) is 16.7 Å². The van der Waals surface area contributed by atoms with Gasteiger partial charge in [0.25, 0.3) is 0 Å². The second-order valence-electron chi connectivity index (χ2n) is 3.72. The molecule has 0 saturated heterocycles. The molecule has 0 aliphatic heterocycles. The van der Waals surface area contributed by atoms with Crippen molar-refractivity contribution >= 4 is 0 Å². The molecule has 0 saturated carbocycles. The zero-order valence-corrected chi connectivity index (χ0v) is 8.46. The maximum Gasteiger partial charge on any atom is 0.0768 e. The van der Waals surface area contributed by atoms with E-state index in [0.717, 1.165) is 6.42 Å². The molecule has 0 heterocycles. The molecule has 0 radical (unpaired) electrons. The van der Waals surface area contributed by atoms with E-state index in [1.165, 1.54) is 11.1 Å². The molecule has 1 aliphatic rings. The first-order valence-electron chi connectivity index (χ1n) is 4.55. The fraction of sp³-hybridized carbons (Fsp3) is 0.417. The first-order valence-corrected chi connectivity index (χ1v) is 4.55. The summed E-state index contributed by atoms with van der Waals surface area (Å²) in [5, 5.41) is 8.97. The van der Waals surface area contributed by atoms with E-state index in [0.29, 0.717) is 0 Å². The SMILES string of the molecule is C/C=C\C1=CC(C)(C#N)CC=C1C. The van der Waals surface area contributed by atoms with E-state index in [1.54, 1.807) is 0 Å². The van der Waals surface area contributed by atoms with E-state index in [1.807, 2.05) is 19.9 Å². The Bertz CT molecular complexity index is 326. The molecule has 1 atom stereocenters. The Morgan fingerprint density at radius 3 is 2.85 bits per heavy atom. The minimum absolute atomic E-state index is 0.311. The molecule has 1 unspecified atom stereocenters. The Labute approximate surface area is 80.1 Å². The minimum atomic E-state index is -0.311. The maximum atomic E-state index is 8.97. The van der Waals surface area contributed by atoms with Crippen LogP contribution in [0.15, 0.2) is 35.5 Å². The summed E-state index contributed by atoms with van der Waals surface area (Å²) >= 11 is 0. The highest BCUT2D eigenvalue weighted by Gasteiger charge is 2.23. The molecule has 0 fully saturated rings. The molecule has 1 aliphatic carbocycles. The predicted molar refractivity (Wildman–Crippen MR) is 55.0 cm³/mol. The number of rotatable bonds is 1. The van der Waals surface area contributed by atoms with Crippen LogP contribution in [0.5, 0.6) is 0 Å². The Morgan fingerprint density at radius 2 is 2.31 bits per heavy atom. The van der Waals surface area contributed by atoms with E-state index in [-0.39, 0.29) is 5.41 Å². The first kappa shape index (κ1) is 9.80. The summed E-state index contributed by atoms with van der Waals surface area (Å²) in [6, 6.07) is 2.33. The van der Waals surface area contributed by atoms with E-state index in [2.05, 4.69) is 31.2 Å². The lowest BCUT2D eigenvalue weighted by Crippen LogP contribution is -2.13. The van der Waals surface area contributed by atoms with Crippen LogP contribution < -0.4 is 0 Å². The number of hydrogen-bond acceptors (Lipinski definition) is 1. The van der Waals surface area contributed by atoms with Crippen molar-refractivity contribution in [3.05, 3.63) is 35.5 Å². The van der Waals surface area contributed by atoms with Crippen LogP contribution in [0.3, 0.4) is 0 Å². The lowest BCUT2D eigenvalue weighted by molar-refractivity contribution is 0.566. The second kappa shape index (κ2) is 3.62. The Balaban J connectivity index is 3.03. The Morgan fingerprint density at radius 1 is 1.62 bits per heavy atom. The van der Waals surface area contributed by atoms with Crippen LogP contribution in [-0.4, -0.2) is 0 Å². The smallest absolute Gasteiger partial charge is 0.0768 e. The van der Waals surface area contributed by atoms with Gasteiger partial charge >= 0.3 is 0 Å². The molecule has 0 aromatic heterocycles. The molecular formula is C12H15N. The van der Waals surface area contributed by atoms with Crippen LogP contribution >= 0.6 is 0 Å². The van der Waals surface area contributed by atoms with Gasteiger partial charge in [-0.2, -0.15) is 5.26 Å². The molecule has 0 aromatic rings. The van der Waals surface area contributed by atoms with Gasteiger partial charge in [-0.05, 0) is 38.3 Å². The van der Waals surface area contributed by atoms with Gasteiger partial charge in [0, 0.05) is 0 Å². The zero-order valence-electron chi connectivity index (χ0n) is 8.46. The second-order valence-corrected chi connectivity index (χ2v) is 3.72. The van der Waals surface area contributed by atoms with Crippen molar-refractivity contribution < 1.29 is 0 Å². The van der Waals surface area contributed by atoms with Crippen molar-refractivity contribution in [2.24, 2.45) is 5.41 Å². The first-order chi connectivity index (χ1) is 6.11. The van der Waals surface area contributed by atoms with Crippen molar-refractivity contribution in [1.82, 2.24) is 0 Å². The van der Waals surface area contributed by atoms with Gasteiger partial charge in [-0.1, -0.05) is 24.3 Å². The van der Waals surface area contributed by atoms with Crippen LogP contribution in [0.25, 0.3) is 0 Å². The van der Waals surface area contributed by atoms with E-state index in [4.69, 9.17) is 5.26 Å². The molecule has 0 bridgehead atoms. The van der Waals surface area contributed by atoms with E-state index in [9.17, 15) is 0 Å². The summed E-state index contributed by atoms with van der Waals surface area (Å²) < 4.78 is 0. The van der Waals surface area contributed by atoms with E-state index < -0.39 is 0 Å². The van der Waals surface area contributed by atoms with Crippen molar-refractivity contribution in [2.75, 3.05) is 0 Å². The van der Waals surface area contributed by atoms with Gasteiger partial charge in [-0.25, -0.2) is 0 Å². The third-order valence-corrected chi connectivity index (χ3v) is 2.36. The summed E-state index contributed by atoms with van der Waals surface area (Å²) in [6.07, 6.45) is 9.09. The molecule has 1 heteroatoms. The summed E-state index contributed by atoms with van der Waals surface area (Å²) in [4.78, 5) is 0. The normalized spacial score (nSPS) is 28.2. The molecule has 13 heavy (non-hydrogen) atoms. The molecule has 68 valence electrons. The van der Waals surface area contributed by atoms with Crippen LogP contribution in [0.1, 0.15) is 27.2 Å². The Kier molecular flexibility index (Phi) is 2.72. The number of nitriles is 1. The molecule has 0 aromatic carbocycles. The Hall–Kier alpha value is -1.29. The maximum absolute atomic E-state index is 8.97. The third-order valence-electron chi connectivity index (χ3n) is 2.36. The van der Waals surface area contributed by atoms with Gasteiger partial charge in [-0.3, -0.25) is 0 Å². The predicted octanol–water partition coefficient (Wildman–Crippen LogP) is 3.37. The van der Waals surface area contributed by atoms with Gasteiger partial charge in [-0.15, -0.1) is 0 Å². The molecule has 0 spiro atoms. The fourth-order valence-corrected chi connectivity index (χ4v) is 1.44. The highest BCUT2D eigenvalue weighted by Crippen LogP contribution is 2.32. The van der Waals surface area contributed by atoms with Crippen molar-refractivity contribution in [3.8, 4) is 6.07 Å². The summed E-state index contributed by atoms with van der Waals surface area (Å²) in [5.74, 6) is 0. The van der Waals surface area contributed by atoms with Gasteiger partial charge < -0.3 is 0 Å². The summed E-state index contributed by atoms with van der Waals surface area (Å²) in [5.41, 5.74) is 2.14. The van der Waals surface area contributed by atoms with Crippen molar-refractivity contribution in [1.29, 1.82) is 5.26 Å². The van der Waals surface area contributed by atoms with Crippen LogP contribution in [0.4, 0.5) is 0 Å². The third kappa shape index (κ3) is 2.09. The molecule has 0 amide bonds. The standard InChI is InChI=1S/C12H15N/c1-4-5-11-8-12(3,9-13)7-6-10(11)2/h4-6,8H,7H2,1-3H3/b5-4-. The average molecular weight is 173 g/mol. The van der Waals surface area contributed by atoms with Crippen molar-refractivity contribution in [3.63, 3.8) is 0 Å². The molecular weight excluding hydrogens is 158 g/mol. The van der Waals surface area contributed by atoms with Gasteiger partial charge in [0.2, 0.25) is 0 Å². The average Bonchev–Trinajstić information content (AvgIpc) is 2.12. The zero-order chi connectivity index (χ0) is 9.90. The summed E-state index contributed by atoms with van der Waals surface area (Å²) in [6.45, 7) is 6.05. The quantitative estimate of drug-likeness (QED) is 0.596. The highest BCUT2D eigenvalue weighted by molar-refractivity contribution is 5.44. The van der Waals surface area contributed by atoms with E-state index >= 15 is 0 Å².